The highest BCUT2D eigenvalue weighted by Crippen LogP contribution is 2.39. The number of aromatic nitrogens is 1. The summed E-state index contributed by atoms with van der Waals surface area (Å²) in [4.78, 5) is 18.0. The Morgan fingerprint density at radius 1 is 1.07 bits per heavy atom. The van der Waals surface area contributed by atoms with Crippen LogP contribution in [-0.2, 0) is 6.61 Å². The van der Waals surface area contributed by atoms with E-state index in [1.54, 1.807) is 23.9 Å². The molecule has 2 amide bonds. The first-order valence-corrected chi connectivity index (χ1v) is 11.1. The maximum atomic E-state index is 12.3. The van der Waals surface area contributed by atoms with E-state index in [9.17, 15) is 9.90 Å². The average molecular weight is 436 g/mol. The minimum Gasteiger partial charge on any atom is -0.392 e. The lowest BCUT2D eigenvalue weighted by Gasteiger charge is -2.09. The summed E-state index contributed by atoms with van der Waals surface area (Å²) in [6.07, 6.45) is 1.83. The number of nitrogens with one attached hydrogen (secondary N) is 2. The van der Waals surface area contributed by atoms with Crippen LogP contribution in [0.15, 0.2) is 69.9 Å². The first-order chi connectivity index (χ1) is 14.5. The number of hydrogen-bond acceptors (Lipinski definition) is 5. The zero-order valence-electron chi connectivity index (χ0n) is 16.6. The van der Waals surface area contributed by atoms with Crippen LogP contribution >= 0.6 is 23.1 Å². The molecule has 30 heavy (non-hydrogen) atoms. The molecule has 2 heterocycles. The number of carbonyl (C=O) groups excluding carboxylic acids is 1. The van der Waals surface area contributed by atoms with Gasteiger partial charge in [-0.1, -0.05) is 30.0 Å². The third kappa shape index (κ3) is 4.48. The van der Waals surface area contributed by atoms with Gasteiger partial charge in [-0.2, -0.15) is 0 Å². The second-order valence-electron chi connectivity index (χ2n) is 6.88. The van der Waals surface area contributed by atoms with Gasteiger partial charge in [0, 0.05) is 27.7 Å². The number of nitrogens with zero attached hydrogens (tertiary/aromatic N) is 1. The van der Waals surface area contributed by atoms with Gasteiger partial charge in [0.15, 0.2) is 0 Å². The molecule has 0 radical (unpaired) electrons. The van der Waals surface area contributed by atoms with Crippen LogP contribution in [0.3, 0.4) is 0 Å². The standard InChI is InChI=1S/C23H21N3O2S2/c1-14-11-17-19(12-15(14)2)24-10-9-20(17)29-22-8-7-21(30-22)26-23(28)25-18-6-4-3-5-16(18)13-27/h3-12,27H,13H2,1-2H3,(H2,25,26,28). The fraction of sp³-hybridized carbons (Fsp3) is 0.130. The van der Waals surface area contributed by atoms with Crippen molar-refractivity contribution in [3.63, 3.8) is 0 Å². The number of pyridine rings is 1. The van der Waals surface area contributed by atoms with E-state index in [0.717, 1.165) is 25.0 Å². The van der Waals surface area contributed by atoms with Gasteiger partial charge >= 0.3 is 6.03 Å². The monoisotopic (exact) mass is 435 g/mol. The van der Waals surface area contributed by atoms with E-state index in [1.807, 2.05) is 36.5 Å². The highest BCUT2D eigenvalue weighted by molar-refractivity contribution is 8.01. The van der Waals surface area contributed by atoms with Crippen molar-refractivity contribution in [2.45, 2.75) is 29.6 Å². The minimum absolute atomic E-state index is 0.130. The van der Waals surface area contributed by atoms with Gasteiger partial charge < -0.3 is 10.4 Å². The number of aliphatic hydroxyl groups excluding tert-OH is 1. The average Bonchev–Trinajstić information content (AvgIpc) is 3.16. The molecule has 5 nitrogen and oxygen atoms in total. The van der Waals surface area contributed by atoms with Gasteiger partial charge in [0.2, 0.25) is 0 Å². The van der Waals surface area contributed by atoms with Crippen molar-refractivity contribution in [3.8, 4) is 0 Å². The number of carbonyl (C=O) groups is 1. The number of thiophene rings is 1. The van der Waals surface area contributed by atoms with Gasteiger partial charge in [-0.3, -0.25) is 10.3 Å². The lowest BCUT2D eigenvalue weighted by molar-refractivity contribution is 0.262. The Morgan fingerprint density at radius 2 is 1.87 bits per heavy atom. The van der Waals surface area contributed by atoms with Gasteiger partial charge in [-0.05, 0) is 61.4 Å². The molecule has 0 saturated carbocycles. The summed E-state index contributed by atoms with van der Waals surface area (Å²) >= 11 is 3.18. The molecule has 0 aliphatic heterocycles. The Bertz CT molecular complexity index is 1220. The maximum absolute atomic E-state index is 12.3. The van der Waals surface area contributed by atoms with Gasteiger partial charge in [0.25, 0.3) is 0 Å². The number of aryl methyl sites for hydroxylation is 2. The molecule has 2 aromatic carbocycles. The number of benzene rings is 2. The summed E-state index contributed by atoms with van der Waals surface area (Å²) in [6, 6.07) is 17.0. The first-order valence-electron chi connectivity index (χ1n) is 9.44. The Labute approximate surface area is 183 Å². The number of amides is 2. The van der Waals surface area contributed by atoms with E-state index in [1.165, 1.54) is 22.5 Å². The van der Waals surface area contributed by atoms with E-state index >= 15 is 0 Å². The number of fused-ring (bicyclic) bond motifs is 1. The Kier molecular flexibility index (Phi) is 6.03. The molecule has 0 saturated heterocycles. The summed E-state index contributed by atoms with van der Waals surface area (Å²) in [5.74, 6) is 0. The smallest absolute Gasteiger partial charge is 0.324 e. The second kappa shape index (κ2) is 8.87. The number of aliphatic hydroxyl groups is 1. The van der Waals surface area contributed by atoms with Crippen LogP contribution < -0.4 is 10.6 Å². The first kappa shape index (κ1) is 20.4. The zero-order valence-corrected chi connectivity index (χ0v) is 18.2. The van der Waals surface area contributed by atoms with Crippen LogP contribution in [0.25, 0.3) is 10.9 Å². The summed E-state index contributed by atoms with van der Waals surface area (Å²) in [5, 5.41) is 16.9. The summed E-state index contributed by atoms with van der Waals surface area (Å²) in [7, 11) is 0. The molecule has 0 fully saturated rings. The highest BCUT2D eigenvalue weighted by atomic mass is 32.2. The molecule has 0 aliphatic carbocycles. The van der Waals surface area contributed by atoms with Crippen LogP contribution in [0.1, 0.15) is 16.7 Å². The van der Waals surface area contributed by atoms with Gasteiger partial charge in [0.05, 0.1) is 21.3 Å². The maximum Gasteiger partial charge on any atom is 0.324 e. The SMILES string of the molecule is Cc1cc2nccc(Sc3ccc(NC(=O)Nc4ccccc4CO)s3)c2cc1C. The topological polar surface area (TPSA) is 74.2 Å². The Morgan fingerprint density at radius 3 is 2.70 bits per heavy atom. The second-order valence-corrected chi connectivity index (χ2v) is 9.30. The predicted molar refractivity (Wildman–Crippen MR) is 125 cm³/mol. The van der Waals surface area contributed by atoms with Crippen molar-refractivity contribution in [3.05, 3.63) is 77.5 Å². The lowest BCUT2D eigenvalue weighted by atomic mass is 10.1. The molecule has 7 heteroatoms. The van der Waals surface area contributed by atoms with E-state index in [-0.39, 0.29) is 12.6 Å². The van der Waals surface area contributed by atoms with E-state index < -0.39 is 0 Å². The van der Waals surface area contributed by atoms with Gasteiger partial charge in [-0.25, -0.2) is 4.79 Å². The Balaban J connectivity index is 1.48. The Hall–Kier alpha value is -2.87. The molecule has 0 bridgehead atoms. The fourth-order valence-corrected chi connectivity index (χ4v) is 5.16. The van der Waals surface area contributed by atoms with Gasteiger partial charge in [0.1, 0.15) is 0 Å². The molecule has 0 aliphatic rings. The minimum atomic E-state index is -0.338. The number of urea groups is 1. The van der Waals surface area contributed by atoms with Crippen LogP contribution in [0, 0.1) is 13.8 Å². The van der Waals surface area contributed by atoms with Crippen LogP contribution in [-0.4, -0.2) is 16.1 Å². The zero-order chi connectivity index (χ0) is 21.1. The molecular formula is C23H21N3O2S2. The number of para-hydroxylation sites is 1. The molecule has 152 valence electrons. The van der Waals surface area contributed by atoms with E-state index in [2.05, 4.69) is 41.6 Å². The summed E-state index contributed by atoms with van der Waals surface area (Å²) < 4.78 is 1.08. The molecule has 0 spiro atoms. The van der Waals surface area contributed by atoms with Crippen molar-refractivity contribution in [1.82, 2.24) is 4.98 Å². The number of anilines is 2. The summed E-state index contributed by atoms with van der Waals surface area (Å²) in [6.45, 7) is 4.07. The molecular weight excluding hydrogens is 414 g/mol. The normalized spacial score (nSPS) is 10.9. The molecule has 4 rings (SSSR count). The van der Waals surface area contributed by atoms with Crippen molar-refractivity contribution >= 4 is 50.7 Å². The predicted octanol–water partition coefficient (Wildman–Crippen LogP) is 6.20. The molecule has 0 unspecified atom stereocenters. The van der Waals surface area contributed by atoms with Crippen molar-refractivity contribution in [2.75, 3.05) is 10.6 Å². The lowest BCUT2D eigenvalue weighted by Crippen LogP contribution is -2.19. The van der Waals surface area contributed by atoms with Crippen molar-refractivity contribution < 1.29 is 9.90 Å². The summed E-state index contributed by atoms with van der Waals surface area (Å²) in [5.41, 5.74) is 4.72. The van der Waals surface area contributed by atoms with Crippen LogP contribution in [0.5, 0.6) is 0 Å². The largest absolute Gasteiger partial charge is 0.392 e. The quantitative estimate of drug-likeness (QED) is 0.349. The van der Waals surface area contributed by atoms with Gasteiger partial charge in [-0.15, -0.1) is 11.3 Å². The van der Waals surface area contributed by atoms with Crippen molar-refractivity contribution in [2.24, 2.45) is 0 Å². The molecule has 3 N–H and O–H groups in total. The van der Waals surface area contributed by atoms with E-state index in [4.69, 9.17) is 0 Å². The highest BCUT2D eigenvalue weighted by Gasteiger charge is 2.11. The third-order valence-corrected chi connectivity index (χ3v) is 6.99. The van der Waals surface area contributed by atoms with Crippen molar-refractivity contribution in [1.29, 1.82) is 0 Å². The van der Waals surface area contributed by atoms with Crippen LogP contribution in [0.2, 0.25) is 0 Å². The molecule has 2 aromatic heterocycles. The number of hydrogen-bond donors (Lipinski definition) is 3. The van der Waals surface area contributed by atoms with Crippen LogP contribution in [0.4, 0.5) is 15.5 Å². The molecule has 4 aromatic rings. The van der Waals surface area contributed by atoms with E-state index in [0.29, 0.717) is 11.3 Å². The number of rotatable bonds is 5. The molecule has 0 atom stereocenters. The third-order valence-electron chi connectivity index (χ3n) is 4.78. The fourth-order valence-electron chi connectivity index (χ4n) is 3.07.